The third kappa shape index (κ3) is 3.62. The van der Waals surface area contributed by atoms with Crippen molar-refractivity contribution in [3.8, 4) is 10.7 Å². The van der Waals surface area contributed by atoms with Gasteiger partial charge in [0, 0.05) is 26.6 Å². The van der Waals surface area contributed by atoms with Crippen molar-refractivity contribution in [2.45, 2.75) is 26.8 Å². The highest BCUT2D eigenvalue weighted by Crippen LogP contribution is 2.33. The number of pyridine rings is 1. The number of thiazole rings is 1. The molecule has 0 atom stereocenters. The van der Waals surface area contributed by atoms with Gasteiger partial charge in [-0.15, -0.1) is 11.3 Å². The second kappa shape index (κ2) is 6.43. The molecule has 2 aromatic heterocycles. The van der Waals surface area contributed by atoms with Crippen LogP contribution >= 0.6 is 43.2 Å². The molecule has 19 heavy (non-hydrogen) atoms. The van der Waals surface area contributed by atoms with E-state index in [4.69, 9.17) is 10.7 Å². The van der Waals surface area contributed by atoms with Crippen LogP contribution < -0.4 is 5.73 Å². The highest BCUT2D eigenvalue weighted by molar-refractivity contribution is 9.11. The quantitative estimate of drug-likeness (QED) is 0.821. The van der Waals surface area contributed by atoms with Crippen molar-refractivity contribution in [1.82, 2.24) is 9.97 Å². The number of hydrogen-bond acceptors (Lipinski definition) is 4. The number of aromatic nitrogens is 2. The molecule has 2 N–H and O–H groups in total. The first kappa shape index (κ1) is 15.1. The lowest BCUT2D eigenvalue weighted by Crippen LogP contribution is -2.02. The summed E-state index contributed by atoms with van der Waals surface area (Å²) in [5, 5.41) is 0.926. The standard InChI is InChI=1S/C13H15Br2N3S/c1-7(2)3-10-11(5-16)19-13(18-10)12-9(15)4-8(14)6-17-12/h4,6-7H,3,5,16H2,1-2H3. The fourth-order valence-electron chi connectivity index (χ4n) is 1.76. The zero-order valence-electron chi connectivity index (χ0n) is 10.8. The van der Waals surface area contributed by atoms with E-state index in [0.29, 0.717) is 12.5 Å². The second-order valence-electron chi connectivity index (χ2n) is 4.67. The van der Waals surface area contributed by atoms with Gasteiger partial charge in [-0.25, -0.2) is 4.98 Å². The summed E-state index contributed by atoms with van der Waals surface area (Å²) in [5.74, 6) is 0.571. The van der Waals surface area contributed by atoms with Crippen molar-refractivity contribution >= 4 is 43.2 Å². The number of halogens is 2. The third-order valence-electron chi connectivity index (χ3n) is 2.58. The predicted molar refractivity (Wildman–Crippen MR) is 87.2 cm³/mol. The van der Waals surface area contributed by atoms with E-state index < -0.39 is 0 Å². The maximum Gasteiger partial charge on any atom is 0.143 e. The van der Waals surface area contributed by atoms with Crippen molar-refractivity contribution in [2.75, 3.05) is 0 Å². The average Bonchev–Trinajstić information content (AvgIpc) is 2.71. The molecule has 0 aliphatic rings. The minimum absolute atomic E-state index is 0.536. The van der Waals surface area contributed by atoms with Gasteiger partial charge in [-0.05, 0) is 50.3 Å². The first-order valence-corrected chi connectivity index (χ1v) is 8.41. The van der Waals surface area contributed by atoms with E-state index in [-0.39, 0.29) is 0 Å². The molecule has 0 unspecified atom stereocenters. The van der Waals surface area contributed by atoms with E-state index in [1.165, 1.54) is 0 Å². The Morgan fingerprint density at radius 2 is 2.11 bits per heavy atom. The maximum atomic E-state index is 5.81. The minimum Gasteiger partial charge on any atom is -0.326 e. The van der Waals surface area contributed by atoms with Crippen LogP contribution in [0.4, 0.5) is 0 Å². The van der Waals surface area contributed by atoms with Crippen molar-refractivity contribution in [3.05, 3.63) is 31.8 Å². The Labute approximate surface area is 133 Å². The summed E-state index contributed by atoms with van der Waals surface area (Å²) >= 11 is 8.57. The lowest BCUT2D eigenvalue weighted by atomic mass is 10.1. The highest BCUT2D eigenvalue weighted by atomic mass is 79.9. The minimum atomic E-state index is 0.536. The summed E-state index contributed by atoms with van der Waals surface area (Å²) in [6.45, 7) is 4.91. The molecular weight excluding hydrogens is 390 g/mol. The molecule has 0 amide bonds. The van der Waals surface area contributed by atoms with Crippen LogP contribution in [0.1, 0.15) is 24.4 Å². The normalized spacial score (nSPS) is 11.3. The van der Waals surface area contributed by atoms with Gasteiger partial charge in [-0.1, -0.05) is 13.8 Å². The first-order chi connectivity index (χ1) is 9.01. The molecule has 0 aliphatic carbocycles. The molecule has 3 nitrogen and oxygen atoms in total. The Kier molecular flexibility index (Phi) is 5.11. The molecule has 2 aromatic rings. The molecule has 0 bridgehead atoms. The van der Waals surface area contributed by atoms with Crippen LogP contribution in [0.3, 0.4) is 0 Å². The molecule has 0 radical (unpaired) electrons. The predicted octanol–water partition coefficient (Wildman–Crippen LogP) is 4.39. The summed E-state index contributed by atoms with van der Waals surface area (Å²) in [5.41, 5.74) is 7.79. The molecule has 0 aliphatic heterocycles. The largest absolute Gasteiger partial charge is 0.326 e. The van der Waals surface area contributed by atoms with E-state index >= 15 is 0 Å². The van der Waals surface area contributed by atoms with Crippen LogP contribution in [0.25, 0.3) is 10.7 Å². The lowest BCUT2D eigenvalue weighted by molar-refractivity contribution is 0.634. The zero-order chi connectivity index (χ0) is 14.0. The van der Waals surface area contributed by atoms with Gasteiger partial charge in [0.25, 0.3) is 0 Å². The van der Waals surface area contributed by atoms with Crippen molar-refractivity contribution in [1.29, 1.82) is 0 Å². The summed E-state index contributed by atoms with van der Waals surface area (Å²) in [6.07, 6.45) is 2.74. The smallest absolute Gasteiger partial charge is 0.143 e. The molecule has 2 heterocycles. The molecule has 0 saturated heterocycles. The van der Waals surface area contributed by atoms with E-state index in [9.17, 15) is 0 Å². The monoisotopic (exact) mass is 403 g/mol. The van der Waals surface area contributed by atoms with Crippen molar-refractivity contribution in [3.63, 3.8) is 0 Å². The van der Waals surface area contributed by atoms with Gasteiger partial charge in [0.15, 0.2) is 0 Å². The van der Waals surface area contributed by atoms with Crippen LogP contribution in [0.2, 0.25) is 0 Å². The fourth-order valence-corrected chi connectivity index (χ4v) is 4.05. The van der Waals surface area contributed by atoms with Crippen LogP contribution in [0, 0.1) is 5.92 Å². The third-order valence-corrected chi connectivity index (χ3v) is 4.74. The van der Waals surface area contributed by atoms with Crippen molar-refractivity contribution < 1.29 is 0 Å². The molecular formula is C13H15Br2N3S. The summed E-state index contributed by atoms with van der Waals surface area (Å²) in [6, 6.07) is 1.98. The molecule has 0 aromatic carbocycles. The second-order valence-corrected chi connectivity index (χ2v) is 7.53. The van der Waals surface area contributed by atoms with Gasteiger partial charge in [-0.3, -0.25) is 4.98 Å². The fraction of sp³-hybridized carbons (Fsp3) is 0.385. The van der Waals surface area contributed by atoms with Gasteiger partial charge in [0.1, 0.15) is 10.7 Å². The molecule has 102 valence electrons. The van der Waals surface area contributed by atoms with Crippen molar-refractivity contribution in [2.24, 2.45) is 11.7 Å². The number of rotatable bonds is 4. The van der Waals surface area contributed by atoms with E-state index in [0.717, 1.165) is 36.6 Å². The Morgan fingerprint density at radius 1 is 1.37 bits per heavy atom. The molecule has 0 spiro atoms. The van der Waals surface area contributed by atoms with Crippen LogP contribution in [0.15, 0.2) is 21.2 Å². The van der Waals surface area contributed by atoms with Gasteiger partial charge in [0.05, 0.1) is 5.69 Å². The lowest BCUT2D eigenvalue weighted by Gasteiger charge is -2.02. The van der Waals surface area contributed by atoms with Gasteiger partial charge in [-0.2, -0.15) is 0 Å². The Morgan fingerprint density at radius 3 is 2.68 bits per heavy atom. The number of nitrogens with two attached hydrogens (primary N) is 1. The SMILES string of the molecule is CC(C)Cc1nc(-c2ncc(Br)cc2Br)sc1CN. The van der Waals surface area contributed by atoms with E-state index in [1.54, 1.807) is 17.5 Å². The molecule has 0 fully saturated rings. The summed E-state index contributed by atoms with van der Waals surface area (Å²) in [4.78, 5) is 10.3. The highest BCUT2D eigenvalue weighted by Gasteiger charge is 2.15. The van der Waals surface area contributed by atoms with E-state index in [2.05, 4.69) is 50.7 Å². The van der Waals surface area contributed by atoms with Crippen LogP contribution in [-0.2, 0) is 13.0 Å². The first-order valence-electron chi connectivity index (χ1n) is 6.01. The molecule has 0 saturated carbocycles. The van der Waals surface area contributed by atoms with E-state index in [1.807, 2.05) is 6.07 Å². The molecule has 2 rings (SSSR count). The van der Waals surface area contributed by atoms with Gasteiger partial charge >= 0.3 is 0 Å². The summed E-state index contributed by atoms with van der Waals surface area (Å²) in [7, 11) is 0. The molecule has 6 heteroatoms. The van der Waals surface area contributed by atoms with Gasteiger partial charge < -0.3 is 5.73 Å². The maximum absolute atomic E-state index is 5.81. The Balaban J connectivity index is 2.42. The Hall–Kier alpha value is -0.300. The average molecular weight is 405 g/mol. The van der Waals surface area contributed by atoms with Crippen LogP contribution in [-0.4, -0.2) is 9.97 Å². The summed E-state index contributed by atoms with van der Waals surface area (Å²) < 4.78 is 1.89. The number of hydrogen-bond donors (Lipinski definition) is 1. The topological polar surface area (TPSA) is 51.8 Å². The van der Waals surface area contributed by atoms with Gasteiger partial charge in [0.2, 0.25) is 0 Å². The Bertz CT molecular complexity index is 581. The number of nitrogens with zero attached hydrogens (tertiary/aromatic N) is 2. The zero-order valence-corrected chi connectivity index (χ0v) is 14.8. The van der Waals surface area contributed by atoms with Crippen LogP contribution in [0.5, 0.6) is 0 Å².